The molecule has 6 rings (SSSR count). The van der Waals surface area contributed by atoms with Crippen LogP contribution in [-0.2, 0) is 0 Å². The first-order chi connectivity index (χ1) is 16.8. The lowest BCUT2D eigenvalue weighted by molar-refractivity contribution is 0.219. The van der Waals surface area contributed by atoms with Crippen LogP contribution in [0.15, 0.2) is 18.7 Å². The summed E-state index contributed by atoms with van der Waals surface area (Å²) in [5, 5.41) is 5.01. The van der Waals surface area contributed by atoms with Crippen molar-refractivity contribution in [1.82, 2.24) is 29.5 Å². The van der Waals surface area contributed by atoms with Crippen molar-refractivity contribution in [3.8, 4) is 11.3 Å². The summed E-state index contributed by atoms with van der Waals surface area (Å²) >= 11 is 0. The van der Waals surface area contributed by atoms with E-state index in [-0.39, 0.29) is 17.8 Å². The van der Waals surface area contributed by atoms with Gasteiger partial charge in [-0.25, -0.2) is 18.9 Å². The molecule has 0 spiro atoms. The van der Waals surface area contributed by atoms with E-state index in [1.807, 2.05) is 12.4 Å². The Balaban J connectivity index is 1.44. The van der Waals surface area contributed by atoms with Gasteiger partial charge < -0.3 is 9.88 Å². The number of nitrogens with one attached hydrogen (secondary N) is 1. The standard InChI is InChI=1S/C27H34FN7/c1-15(2)22-23-21(32-25(22)20-13-35-26(30-14-31-35)18(5)17(20)4)10-29-27(24(23)28)34-9-8-33(11-16(34)3)12-19-6-7-19/h10,13-16,19,32H,6-9,11-12H2,1-5H3/t16-/m1/s1. The van der Waals surface area contributed by atoms with Crippen LogP contribution in [0, 0.1) is 25.6 Å². The molecule has 1 N–H and O–H groups in total. The summed E-state index contributed by atoms with van der Waals surface area (Å²) in [5.41, 5.74) is 6.72. The Bertz CT molecular complexity index is 1410. The van der Waals surface area contributed by atoms with E-state index in [4.69, 9.17) is 0 Å². The number of aryl methyl sites for hydroxylation is 1. The van der Waals surface area contributed by atoms with E-state index in [0.717, 1.165) is 64.7 Å². The summed E-state index contributed by atoms with van der Waals surface area (Å²) in [7, 11) is 0. The lowest BCUT2D eigenvalue weighted by atomic mass is 9.94. The Kier molecular flexibility index (Phi) is 5.32. The van der Waals surface area contributed by atoms with Crippen molar-refractivity contribution in [2.45, 2.75) is 59.4 Å². The SMILES string of the molecule is Cc1c(-c2[nH]c3cnc(N4CCN(CC5CC5)C[C@H]4C)c(F)c3c2C(C)C)cn2ncnc2c1C. The fourth-order valence-electron chi connectivity index (χ4n) is 5.79. The molecule has 7 nitrogen and oxygen atoms in total. The minimum atomic E-state index is -0.215. The number of H-pyrrole nitrogens is 1. The number of hydrogen-bond donors (Lipinski definition) is 1. The van der Waals surface area contributed by atoms with E-state index < -0.39 is 0 Å². The topological polar surface area (TPSA) is 65.4 Å². The number of anilines is 1. The van der Waals surface area contributed by atoms with Gasteiger partial charge in [0.2, 0.25) is 0 Å². The second-order valence-corrected chi connectivity index (χ2v) is 10.8. The normalized spacial score (nSPS) is 19.5. The van der Waals surface area contributed by atoms with Gasteiger partial charge in [-0.3, -0.25) is 4.90 Å². The molecule has 0 amide bonds. The largest absolute Gasteiger partial charge is 0.353 e. The molecule has 2 aliphatic rings. The van der Waals surface area contributed by atoms with Crippen molar-refractivity contribution in [1.29, 1.82) is 0 Å². The van der Waals surface area contributed by atoms with E-state index in [1.165, 1.54) is 19.4 Å². The highest BCUT2D eigenvalue weighted by Crippen LogP contribution is 2.40. The van der Waals surface area contributed by atoms with Crippen LogP contribution in [0.3, 0.4) is 0 Å². The molecule has 0 unspecified atom stereocenters. The van der Waals surface area contributed by atoms with Crippen molar-refractivity contribution >= 4 is 22.4 Å². The minimum absolute atomic E-state index is 0.127. The van der Waals surface area contributed by atoms with Gasteiger partial charge >= 0.3 is 0 Å². The Hall–Kier alpha value is -3.00. The van der Waals surface area contributed by atoms with Crippen LogP contribution in [0.5, 0.6) is 0 Å². The Morgan fingerprint density at radius 2 is 1.94 bits per heavy atom. The van der Waals surface area contributed by atoms with E-state index in [9.17, 15) is 0 Å². The van der Waals surface area contributed by atoms with Crippen LogP contribution in [0.4, 0.5) is 10.2 Å². The third-order valence-corrected chi connectivity index (χ3v) is 7.97. The number of piperazine rings is 1. The number of halogens is 1. The zero-order chi connectivity index (χ0) is 24.4. The number of hydrogen-bond acceptors (Lipinski definition) is 5. The predicted molar refractivity (Wildman–Crippen MR) is 138 cm³/mol. The molecule has 0 aromatic carbocycles. The fraction of sp³-hybridized carbons (Fsp3) is 0.519. The summed E-state index contributed by atoms with van der Waals surface area (Å²) in [6, 6.07) is 0.225. The van der Waals surface area contributed by atoms with Crippen LogP contribution in [-0.4, -0.2) is 61.7 Å². The first kappa shape index (κ1) is 22.5. The van der Waals surface area contributed by atoms with Crippen LogP contribution < -0.4 is 4.90 Å². The lowest BCUT2D eigenvalue weighted by Crippen LogP contribution is -2.53. The minimum Gasteiger partial charge on any atom is -0.353 e. The summed E-state index contributed by atoms with van der Waals surface area (Å²) in [4.78, 5) is 17.2. The first-order valence-electron chi connectivity index (χ1n) is 12.8. The second-order valence-electron chi connectivity index (χ2n) is 10.8. The van der Waals surface area contributed by atoms with Gasteiger partial charge in [0.1, 0.15) is 6.33 Å². The molecule has 8 heteroatoms. The molecule has 0 radical (unpaired) electrons. The van der Waals surface area contributed by atoms with Crippen LogP contribution in [0.2, 0.25) is 0 Å². The number of aromatic nitrogens is 5. The monoisotopic (exact) mass is 475 g/mol. The zero-order valence-corrected chi connectivity index (χ0v) is 21.3. The zero-order valence-electron chi connectivity index (χ0n) is 21.3. The van der Waals surface area contributed by atoms with E-state index in [1.54, 1.807) is 10.8 Å². The van der Waals surface area contributed by atoms with E-state index in [2.05, 4.69) is 64.5 Å². The third kappa shape index (κ3) is 3.69. The van der Waals surface area contributed by atoms with Crippen molar-refractivity contribution in [2.75, 3.05) is 31.1 Å². The number of pyridine rings is 2. The molecular formula is C27H34FN7. The maximum absolute atomic E-state index is 16.3. The Morgan fingerprint density at radius 3 is 2.66 bits per heavy atom. The average Bonchev–Trinajstić information content (AvgIpc) is 3.35. The van der Waals surface area contributed by atoms with Gasteiger partial charge in [0.15, 0.2) is 17.3 Å². The maximum Gasteiger partial charge on any atom is 0.175 e. The molecule has 1 saturated carbocycles. The van der Waals surface area contributed by atoms with Crippen molar-refractivity contribution in [3.63, 3.8) is 0 Å². The van der Waals surface area contributed by atoms with Crippen LogP contribution >= 0.6 is 0 Å². The number of aromatic amines is 1. The highest BCUT2D eigenvalue weighted by molar-refractivity contribution is 5.94. The van der Waals surface area contributed by atoms with Crippen LogP contribution in [0.1, 0.15) is 56.2 Å². The van der Waals surface area contributed by atoms with Gasteiger partial charge in [0.05, 0.1) is 17.4 Å². The molecule has 1 atom stereocenters. The molecule has 4 aromatic rings. The van der Waals surface area contributed by atoms with Gasteiger partial charge in [-0.15, -0.1) is 0 Å². The highest BCUT2D eigenvalue weighted by atomic mass is 19.1. The molecule has 5 heterocycles. The van der Waals surface area contributed by atoms with Gasteiger partial charge in [0.25, 0.3) is 0 Å². The third-order valence-electron chi connectivity index (χ3n) is 7.97. The summed E-state index contributed by atoms with van der Waals surface area (Å²) in [5.74, 6) is 1.26. The maximum atomic E-state index is 16.3. The van der Waals surface area contributed by atoms with Crippen molar-refractivity contribution in [2.24, 2.45) is 5.92 Å². The highest BCUT2D eigenvalue weighted by Gasteiger charge is 2.32. The molecule has 0 bridgehead atoms. The summed E-state index contributed by atoms with van der Waals surface area (Å²) < 4.78 is 18.1. The van der Waals surface area contributed by atoms with E-state index >= 15 is 4.39 Å². The number of nitrogens with zero attached hydrogens (tertiary/aromatic N) is 6. The summed E-state index contributed by atoms with van der Waals surface area (Å²) in [6.07, 6.45) is 8.09. The Morgan fingerprint density at radius 1 is 1.14 bits per heavy atom. The second kappa shape index (κ2) is 8.29. The molecule has 4 aromatic heterocycles. The van der Waals surface area contributed by atoms with Gasteiger partial charge in [-0.2, -0.15) is 5.10 Å². The predicted octanol–water partition coefficient (Wildman–Crippen LogP) is 5.07. The Labute approximate surface area is 205 Å². The first-order valence-corrected chi connectivity index (χ1v) is 12.8. The number of fused-ring (bicyclic) bond motifs is 2. The molecule has 35 heavy (non-hydrogen) atoms. The molecule has 184 valence electrons. The molecule has 1 aliphatic heterocycles. The van der Waals surface area contributed by atoms with Crippen molar-refractivity contribution in [3.05, 3.63) is 41.2 Å². The van der Waals surface area contributed by atoms with Crippen LogP contribution in [0.25, 0.3) is 27.8 Å². The summed E-state index contributed by atoms with van der Waals surface area (Å²) in [6.45, 7) is 14.5. The number of rotatable bonds is 5. The molecular weight excluding hydrogens is 441 g/mol. The lowest BCUT2D eigenvalue weighted by Gasteiger charge is -2.40. The fourth-order valence-corrected chi connectivity index (χ4v) is 5.79. The quantitative estimate of drug-likeness (QED) is 0.436. The molecule has 2 fully saturated rings. The van der Waals surface area contributed by atoms with E-state index in [0.29, 0.717) is 11.2 Å². The molecule has 1 aliphatic carbocycles. The smallest absolute Gasteiger partial charge is 0.175 e. The van der Waals surface area contributed by atoms with Gasteiger partial charge in [-0.1, -0.05) is 13.8 Å². The average molecular weight is 476 g/mol. The van der Waals surface area contributed by atoms with Gasteiger partial charge in [0, 0.05) is 49.4 Å². The molecule has 1 saturated heterocycles. The van der Waals surface area contributed by atoms with Crippen molar-refractivity contribution < 1.29 is 4.39 Å². The van der Waals surface area contributed by atoms with Gasteiger partial charge in [-0.05, 0) is 62.1 Å².